The van der Waals surface area contributed by atoms with Crippen molar-refractivity contribution in [2.24, 2.45) is 0 Å². The van der Waals surface area contributed by atoms with E-state index < -0.39 is 0 Å². The van der Waals surface area contributed by atoms with Crippen LogP contribution in [0, 0.1) is 0 Å². The van der Waals surface area contributed by atoms with Gasteiger partial charge in [0.25, 0.3) is 0 Å². The van der Waals surface area contributed by atoms with Crippen LogP contribution in [0.25, 0.3) is 10.2 Å². The van der Waals surface area contributed by atoms with E-state index in [1.54, 1.807) is 39.5 Å². The van der Waals surface area contributed by atoms with Crippen LogP contribution >= 0.6 is 11.3 Å². The van der Waals surface area contributed by atoms with E-state index >= 15 is 0 Å². The van der Waals surface area contributed by atoms with Crippen molar-refractivity contribution < 1.29 is 19.0 Å². The standard InChI is InChI=1S/C18H18N2O4S/c1-22-12-7-8-13(23-2)11(9-12)10-16(21)19-18-20-17-14(24-3)5-4-6-15(17)25-18/h4-9H,10H2,1-3H3,(H,19,20,21). The Hall–Kier alpha value is -2.80. The zero-order valence-corrected chi connectivity index (χ0v) is 15.0. The number of fused-ring (bicyclic) bond motifs is 1. The van der Waals surface area contributed by atoms with Crippen LogP contribution in [0.4, 0.5) is 5.13 Å². The van der Waals surface area contributed by atoms with Crippen molar-refractivity contribution in [1.82, 2.24) is 4.98 Å². The van der Waals surface area contributed by atoms with Crippen molar-refractivity contribution in [1.29, 1.82) is 0 Å². The fraction of sp³-hybridized carbons (Fsp3) is 0.222. The molecule has 25 heavy (non-hydrogen) atoms. The molecule has 1 aromatic heterocycles. The van der Waals surface area contributed by atoms with E-state index in [2.05, 4.69) is 10.3 Å². The summed E-state index contributed by atoms with van der Waals surface area (Å²) in [6.45, 7) is 0. The molecule has 0 saturated carbocycles. The van der Waals surface area contributed by atoms with E-state index in [4.69, 9.17) is 14.2 Å². The smallest absolute Gasteiger partial charge is 0.230 e. The number of amides is 1. The molecular formula is C18H18N2O4S. The van der Waals surface area contributed by atoms with Crippen LogP contribution < -0.4 is 19.5 Å². The average Bonchev–Trinajstić information content (AvgIpc) is 3.03. The number of ether oxygens (including phenoxy) is 3. The molecule has 0 radical (unpaired) electrons. The minimum atomic E-state index is -0.176. The van der Waals surface area contributed by atoms with E-state index in [-0.39, 0.29) is 12.3 Å². The van der Waals surface area contributed by atoms with Crippen LogP contribution in [-0.4, -0.2) is 32.2 Å². The van der Waals surface area contributed by atoms with Crippen LogP contribution in [0.2, 0.25) is 0 Å². The third kappa shape index (κ3) is 3.66. The molecule has 7 heteroatoms. The summed E-state index contributed by atoms with van der Waals surface area (Å²) in [5, 5.41) is 3.37. The molecule has 1 heterocycles. The normalized spacial score (nSPS) is 10.5. The number of carbonyl (C=O) groups is 1. The number of rotatable bonds is 6. The van der Waals surface area contributed by atoms with Crippen LogP contribution in [-0.2, 0) is 11.2 Å². The Labute approximate surface area is 149 Å². The molecule has 0 unspecified atom stereocenters. The van der Waals surface area contributed by atoms with Crippen LogP contribution in [0.15, 0.2) is 36.4 Å². The van der Waals surface area contributed by atoms with Crippen molar-refractivity contribution in [3.63, 3.8) is 0 Å². The molecule has 0 bridgehead atoms. The van der Waals surface area contributed by atoms with Crippen molar-refractivity contribution in [3.8, 4) is 17.2 Å². The maximum absolute atomic E-state index is 12.4. The zero-order valence-electron chi connectivity index (χ0n) is 14.2. The Balaban J connectivity index is 1.79. The number of methoxy groups -OCH3 is 3. The van der Waals surface area contributed by atoms with Gasteiger partial charge in [-0.15, -0.1) is 0 Å². The van der Waals surface area contributed by atoms with E-state index in [0.29, 0.717) is 22.4 Å². The number of aromatic nitrogens is 1. The number of benzene rings is 2. The molecular weight excluding hydrogens is 340 g/mol. The van der Waals surface area contributed by atoms with Crippen molar-refractivity contribution >= 4 is 32.6 Å². The first-order valence-corrected chi connectivity index (χ1v) is 8.40. The first-order valence-electron chi connectivity index (χ1n) is 7.59. The molecule has 0 saturated heterocycles. The lowest BCUT2D eigenvalue weighted by Crippen LogP contribution is -2.14. The molecule has 0 atom stereocenters. The summed E-state index contributed by atoms with van der Waals surface area (Å²) in [5.74, 6) is 1.82. The molecule has 0 aliphatic carbocycles. The molecule has 0 aliphatic heterocycles. The zero-order chi connectivity index (χ0) is 17.8. The van der Waals surface area contributed by atoms with Gasteiger partial charge in [0.2, 0.25) is 5.91 Å². The van der Waals surface area contributed by atoms with E-state index in [9.17, 15) is 4.79 Å². The third-order valence-electron chi connectivity index (χ3n) is 3.69. The predicted molar refractivity (Wildman–Crippen MR) is 98.1 cm³/mol. The quantitative estimate of drug-likeness (QED) is 0.730. The van der Waals surface area contributed by atoms with E-state index in [1.807, 2.05) is 18.2 Å². The first-order chi connectivity index (χ1) is 12.1. The highest BCUT2D eigenvalue weighted by Gasteiger charge is 2.14. The van der Waals surface area contributed by atoms with Gasteiger partial charge in [-0.2, -0.15) is 0 Å². The topological polar surface area (TPSA) is 69.7 Å². The van der Waals surface area contributed by atoms with Crippen LogP contribution in [0.1, 0.15) is 5.56 Å². The molecule has 1 N–H and O–H groups in total. The number of nitrogens with zero attached hydrogens (tertiary/aromatic N) is 1. The van der Waals surface area contributed by atoms with Gasteiger partial charge in [0.05, 0.1) is 32.5 Å². The predicted octanol–water partition coefficient (Wildman–Crippen LogP) is 3.50. The lowest BCUT2D eigenvalue weighted by Gasteiger charge is -2.10. The van der Waals surface area contributed by atoms with Crippen molar-refractivity contribution in [2.75, 3.05) is 26.6 Å². The number of thiazole rings is 1. The average molecular weight is 358 g/mol. The van der Waals surface area contributed by atoms with Gasteiger partial charge in [0, 0.05) is 5.56 Å². The highest BCUT2D eigenvalue weighted by molar-refractivity contribution is 7.22. The Morgan fingerprint density at radius 1 is 1.08 bits per heavy atom. The Bertz CT molecular complexity index is 907. The second kappa shape index (κ2) is 7.40. The third-order valence-corrected chi connectivity index (χ3v) is 4.62. The monoisotopic (exact) mass is 358 g/mol. The second-order valence-corrected chi connectivity index (χ2v) is 6.26. The van der Waals surface area contributed by atoms with E-state index in [0.717, 1.165) is 15.8 Å². The maximum atomic E-state index is 12.4. The highest BCUT2D eigenvalue weighted by Crippen LogP contribution is 2.32. The SMILES string of the molecule is COc1ccc(OC)c(CC(=O)Nc2nc3c(OC)cccc3s2)c1. The molecule has 0 aliphatic rings. The Kier molecular flexibility index (Phi) is 5.04. The first kappa shape index (κ1) is 17.0. The molecule has 3 rings (SSSR count). The fourth-order valence-electron chi connectivity index (χ4n) is 2.50. The molecule has 0 fully saturated rings. The summed E-state index contributed by atoms with van der Waals surface area (Å²) in [5.41, 5.74) is 1.49. The Morgan fingerprint density at radius 3 is 2.60 bits per heavy atom. The van der Waals surface area contributed by atoms with Crippen molar-refractivity contribution in [2.45, 2.75) is 6.42 Å². The number of hydrogen-bond donors (Lipinski definition) is 1. The number of nitrogens with one attached hydrogen (secondary N) is 1. The summed E-state index contributed by atoms with van der Waals surface area (Å²) in [7, 11) is 4.75. The molecule has 1 amide bonds. The largest absolute Gasteiger partial charge is 0.497 e. The summed E-state index contributed by atoms with van der Waals surface area (Å²) in [6, 6.07) is 11.0. The maximum Gasteiger partial charge on any atom is 0.230 e. The van der Waals surface area contributed by atoms with Gasteiger partial charge in [-0.05, 0) is 30.3 Å². The summed E-state index contributed by atoms with van der Waals surface area (Å²) in [4.78, 5) is 16.9. The molecule has 0 spiro atoms. The fourth-order valence-corrected chi connectivity index (χ4v) is 3.40. The van der Waals surface area contributed by atoms with Gasteiger partial charge in [-0.1, -0.05) is 17.4 Å². The lowest BCUT2D eigenvalue weighted by atomic mass is 10.1. The van der Waals surface area contributed by atoms with Gasteiger partial charge in [0.1, 0.15) is 22.8 Å². The molecule has 6 nitrogen and oxygen atoms in total. The number of hydrogen-bond acceptors (Lipinski definition) is 6. The van der Waals surface area contributed by atoms with Crippen molar-refractivity contribution in [3.05, 3.63) is 42.0 Å². The van der Waals surface area contributed by atoms with Gasteiger partial charge < -0.3 is 19.5 Å². The number of para-hydroxylation sites is 1. The minimum absolute atomic E-state index is 0.160. The molecule has 3 aromatic rings. The molecule has 2 aromatic carbocycles. The summed E-state index contributed by atoms with van der Waals surface area (Å²) >= 11 is 1.40. The second-order valence-electron chi connectivity index (χ2n) is 5.23. The van der Waals surface area contributed by atoms with Gasteiger partial charge >= 0.3 is 0 Å². The summed E-state index contributed by atoms with van der Waals surface area (Å²) < 4.78 is 16.8. The highest BCUT2D eigenvalue weighted by atomic mass is 32.1. The van der Waals surface area contributed by atoms with Gasteiger partial charge in [-0.25, -0.2) is 4.98 Å². The minimum Gasteiger partial charge on any atom is -0.497 e. The lowest BCUT2D eigenvalue weighted by molar-refractivity contribution is -0.115. The van der Waals surface area contributed by atoms with Gasteiger partial charge in [0.15, 0.2) is 5.13 Å². The van der Waals surface area contributed by atoms with Gasteiger partial charge in [-0.3, -0.25) is 4.79 Å². The van der Waals surface area contributed by atoms with Crippen LogP contribution in [0.5, 0.6) is 17.2 Å². The summed E-state index contributed by atoms with van der Waals surface area (Å²) in [6.07, 6.45) is 0.160. The number of anilines is 1. The van der Waals surface area contributed by atoms with E-state index in [1.165, 1.54) is 11.3 Å². The number of carbonyl (C=O) groups excluding carboxylic acids is 1. The molecule has 130 valence electrons. The Morgan fingerprint density at radius 2 is 1.88 bits per heavy atom. The van der Waals surface area contributed by atoms with Crippen LogP contribution in [0.3, 0.4) is 0 Å².